The monoisotopic (exact) mass is 2160 g/mol. The number of allylic oxidation sites excluding steroid dienone is 12. The molecule has 9 aromatic heterocycles. The number of rotatable bonds is 24. The average molecular weight is 2170 g/mol. The molecule has 0 radical (unpaired) electrons. The van der Waals surface area contributed by atoms with Gasteiger partial charge >= 0.3 is 79.2 Å². The number of carbonyl (C=O) groups is 6. The number of fused-ring (bicyclic) bond motifs is 24. The van der Waals surface area contributed by atoms with Gasteiger partial charge in [0, 0.05) is 102 Å². The number of nitrogens with one attached hydrogen (secondary N) is 9. The number of hydrogen-bond acceptors (Lipinski definition) is 18. The summed E-state index contributed by atoms with van der Waals surface area (Å²) in [4.78, 5) is 120. The number of aryl methyl sites for hydroxylation is 12. The topological polar surface area (TPSA) is 484 Å². The first-order valence-corrected chi connectivity index (χ1v) is 45.2. The summed E-state index contributed by atoms with van der Waals surface area (Å²) >= 11 is 0. The molecule has 0 saturated carbocycles. The molecule has 9 N–H and O–H groups in total. The second-order valence-electron chi connectivity index (χ2n) is 33.3. The molecule has 0 saturated heterocycles. The van der Waals surface area contributed by atoms with E-state index in [0.717, 1.165) is 273 Å². The van der Waals surface area contributed by atoms with Crippen LogP contribution in [-0.4, -0.2) is 196 Å². The minimum absolute atomic E-state index is 0. The van der Waals surface area contributed by atoms with Crippen LogP contribution in [0, 0.1) is 41.5 Å². The first-order valence-electron chi connectivity index (χ1n) is 45.2. The van der Waals surface area contributed by atoms with E-state index in [0.29, 0.717) is 17.1 Å². The molecular weight excluding hydrogens is 2050 g/mol. The first-order chi connectivity index (χ1) is 63.0. The molecule has 6 aliphatic heterocycles. The van der Waals surface area contributed by atoms with Gasteiger partial charge in [0.15, 0.2) is 0 Å². The molecule has 0 aliphatic carbocycles. The van der Waals surface area contributed by atoms with Crippen LogP contribution in [0.25, 0.3) is 150 Å². The molecule has 0 fully saturated rings. The van der Waals surface area contributed by atoms with Crippen molar-refractivity contribution >= 4 is 248 Å². The van der Waals surface area contributed by atoms with E-state index in [1.54, 1.807) is 0 Å². The number of carboxylic acid groups (broad SMARTS) is 6. The van der Waals surface area contributed by atoms with Crippen LogP contribution in [0.15, 0.2) is 72.8 Å². The van der Waals surface area contributed by atoms with Crippen LogP contribution >= 0.6 is 0 Å². The second-order valence-corrected chi connectivity index (χ2v) is 33.3. The number of aliphatic carboxylic acids is 6. The number of H-pyrrole nitrogens is 6. The maximum Gasteiger partial charge on any atom is 3.00 e. The zero-order chi connectivity index (χ0) is 96.9. The molecule has 24 bridgehead atoms. The third kappa shape index (κ3) is 27.4. The average Bonchev–Trinajstić information content (AvgIpc) is 1.62. The number of aromatic amines is 6. The van der Waals surface area contributed by atoms with E-state index in [4.69, 9.17) is 47.1 Å². The van der Waals surface area contributed by atoms with E-state index >= 15 is 0 Å². The Morgan fingerprint density at radius 3 is 0.525 bits per heavy atom. The van der Waals surface area contributed by atoms with Gasteiger partial charge in [0.05, 0.1) is 68.3 Å². The predicted molar refractivity (Wildman–Crippen MR) is 542 cm³/mol. The quantitative estimate of drug-likeness (QED) is 0.0355. The predicted octanol–water partition coefficient (Wildman–Crippen LogP) is 6.43. The van der Waals surface area contributed by atoms with E-state index in [1.807, 2.05) is 96.1 Å². The summed E-state index contributed by atoms with van der Waals surface area (Å²) in [6, 6.07) is 24.3. The largest absolute Gasteiger partial charge is 3.00 e. The fourth-order valence-electron chi connectivity index (χ4n) is 18.6. The molecule has 27 nitrogen and oxygen atoms in total. The molecule has 0 unspecified atom stereocenters. The van der Waals surface area contributed by atoms with Gasteiger partial charge in [-0.15, -0.1) is 0 Å². The van der Waals surface area contributed by atoms with Gasteiger partial charge in [0.25, 0.3) is 0 Å². The standard InChI is InChI=1S/3C34H38N4O4.3CH4N.3ClH.4Ga/c3*1-7-21-17(3)25-13-26-19(5)23(9-11-33(39)40)31(37-26)16-32-24(10-12-34(41)42)20(6)28(38-32)15-30-22(8-2)18(4)27(36-30)14-29(21)35-25;3*1-2;;;;;;;/h3*13-16,35,38H,7-12H2,1-6H3,(H,39,40)(H,41,42);3*2H,1H3;3*1H;;;;/q;;;3*-1;;;;4*+3/p-9. The first kappa shape index (κ1) is 123. The number of halogens is 3. The van der Waals surface area contributed by atoms with Crippen LogP contribution in [0.1, 0.15) is 295 Å². The number of aromatic nitrogens is 12. The molecule has 34 heteroatoms. The fraction of sp³-hybridized carbons (Fsp3) is 0.371. The minimum Gasteiger partial charge on any atom is -1.00 e. The van der Waals surface area contributed by atoms with Gasteiger partial charge in [-0.1, -0.05) is 41.5 Å². The Hall–Kier alpha value is -10.1. The summed E-state index contributed by atoms with van der Waals surface area (Å²) in [5.41, 5.74) is 62.0. The maximum atomic E-state index is 11.4. The Morgan fingerprint density at radius 1 is 0.216 bits per heavy atom. The Bertz CT molecular complexity index is 6260. The third-order valence-corrected chi connectivity index (χ3v) is 26.0. The van der Waals surface area contributed by atoms with Crippen molar-refractivity contribution in [1.29, 1.82) is 0 Å². The van der Waals surface area contributed by atoms with Crippen molar-refractivity contribution in [3.05, 3.63) is 225 Å². The summed E-state index contributed by atoms with van der Waals surface area (Å²) in [7, 11) is 3.75. The summed E-state index contributed by atoms with van der Waals surface area (Å²) in [6.07, 6.45) is 5.94. The van der Waals surface area contributed by atoms with Gasteiger partial charge in [0.2, 0.25) is 0 Å². The molecule has 720 valence electrons. The second kappa shape index (κ2) is 54.8. The molecule has 6 aliphatic rings. The van der Waals surface area contributed by atoms with Gasteiger partial charge in [-0.05, 0) is 405 Å². The summed E-state index contributed by atoms with van der Waals surface area (Å²) in [5, 5.41) is 68.5. The fourth-order valence-corrected chi connectivity index (χ4v) is 18.6. The minimum atomic E-state index is -1.12. The maximum absolute atomic E-state index is 11.4. The van der Waals surface area contributed by atoms with Crippen molar-refractivity contribution in [2.75, 3.05) is 21.1 Å². The Kier molecular flexibility index (Phi) is 48.5. The van der Waals surface area contributed by atoms with E-state index in [1.165, 1.54) is 37.8 Å². The third-order valence-electron chi connectivity index (χ3n) is 26.0. The van der Waals surface area contributed by atoms with Gasteiger partial charge in [-0.2, -0.15) is 21.1 Å². The van der Waals surface area contributed by atoms with Crippen LogP contribution in [0.4, 0.5) is 0 Å². The van der Waals surface area contributed by atoms with Crippen LogP contribution in [0.3, 0.4) is 0 Å². The van der Waals surface area contributed by atoms with E-state index in [2.05, 4.69) is 131 Å². The molecule has 139 heavy (non-hydrogen) atoms. The van der Waals surface area contributed by atoms with Gasteiger partial charge < -0.3 is 144 Å². The Balaban J connectivity index is 0.000000509. The smallest absolute Gasteiger partial charge is 1.00 e. The normalized spacial score (nSPS) is 12.2. The van der Waals surface area contributed by atoms with Crippen LogP contribution in [0.5, 0.6) is 0 Å². The zero-order valence-electron chi connectivity index (χ0n) is 83.2. The van der Waals surface area contributed by atoms with Crippen LogP contribution in [-0.2, 0) is 67.3 Å². The molecule has 15 heterocycles. The molecule has 0 amide bonds. The van der Waals surface area contributed by atoms with Crippen molar-refractivity contribution in [2.45, 2.75) is 240 Å². The van der Waals surface area contributed by atoms with Crippen molar-refractivity contribution in [3.63, 3.8) is 0 Å². The molecule has 0 aromatic carbocycles. The SMILES string of the molecule is CCC1=C(C)c2cc3[nH]c(cc4nc(cc5[nH]c(cc1n2)c(C)c5CCC(=O)[O-])C(CCC(=O)[O-])=C4C)c(C)c3CC.CCC1=C(C)c2cc3[nH]c(cc4nc(cc5[nH]c(cc1n2)c(C)c5CCC(=O)[O-])C(CCC(=O)[O-])=C4C)c(C)c3CC.CCC1=C(C)c2cc3[nH]c(cc4nc(cc5[nH]c(cc1n2)c(C)c5CCC(=O)[O-])C(CCC(=O)[O-])=C4C)c(C)c3CC.C[NH-].C[NH-].C[NH-].[Cl-].[Cl-].[Cl-].[Ga+3].[Ga+3].[Ga+3].[Ga+3]. The van der Waals surface area contributed by atoms with Crippen LogP contribution < -0.4 is 67.9 Å². The number of hydrogen-bond donors (Lipinski definition) is 6. The van der Waals surface area contributed by atoms with Gasteiger partial charge in [-0.25, -0.2) is 29.9 Å². The molecule has 0 spiro atoms. The molecule has 0 atom stereocenters. The van der Waals surface area contributed by atoms with Gasteiger partial charge in [0.1, 0.15) is 0 Å². The Morgan fingerprint density at radius 2 is 0.353 bits per heavy atom. The summed E-state index contributed by atoms with van der Waals surface area (Å²) < 4.78 is 0. The van der Waals surface area contributed by atoms with Crippen molar-refractivity contribution in [1.82, 2.24) is 59.8 Å². The van der Waals surface area contributed by atoms with Crippen molar-refractivity contribution in [2.24, 2.45) is 0 Å². The van der Waals surface area contributed by atoms with E-state index in [9.17, 15) is 59.4 Å². The van der Waals surface area contributed by atoms with E-state index < -0.39 is 35.8 Å². The number of nitrogens with zero attached hydrogens (tertiary/aromatic N) is 6. The molecule has 9 aromatic rings. The number of carboxylic acids is 6. The van der Waals surface area contributed by atoms with Gasteiger partial charge in [-0.3, -0.25) is 0 Å². The summed E-state index contributed by atoms with van der Waals surface area (Å²) in [6.45, 7) is 37.2. The van der Waals surface area contributed by atoms with Crippen molar-refractivity contribution < 1.29 is 96.6 Å². The Labute approximate surface area is 883 Å². The summed E-state index contributed by atoms with van der Waals surface area (Å²) in [5.74, 6) is -6.72. The molecular formula is C105H120Cl3Ga4N15O12. The number of carbonyl (C=O) groups excluding carboxylic acids is 6. The van der Waals surface area contributed by atoms with E-state index in [-0.39, 0.29) is 193 Å². The van der Waals surface area contributed by atoms with Crippen molar-refractivity contribution in [3.8, 4) is 0 Å². The van der Waals surface area contributed by atoms with Crippen LogP contribution in [0.2, 0.25) is 0 Å². The molecule has 15 rings (SSSR count). The zero-order valence-corrected chi connectivity index (χ0v) is 95.1.